The van der Waals surface area contributed by atoms with E-state index in [9.17, 15) is 0 Å². The molecule has 2 heteroatoms. The highest BCUT2D eigenvalue weighted by Gasteiger charge is 2.23. The zero-order valence-corrected chi connectivity index (χ0v) is 10.1. The molecule has 1 aliphatic carbocycles. The van der Waals surface area contributed by atoms with Crippen molar-refractivity contribution in [2.45, 2.75) is 45.1 Å². The number of nitrogens with one attached hydrogen (secondary N) is 1. The van der Waals surface area contributed by atoms with Gasteiger partial charge in [-0.2, -0.15) is 11.8 Å². The molecule has 82 valence electrons. The predicted molar refractivity (Wildman–Crippen MR) is 64.9 cm³/mol. The number of hydrogen-bond acceptors (Lipinski definition) is 2. The van der Waals surface area contributed by atoms with Crippen LogP contribution in [0.5, 0.6) is 0 Å². The normalized spacial score (nSPS) is 34.9. The van der Waals surface area contributed by atoms with E-state index in [0.29, 0.717) is 0 Å². The van der Waals surface area contributed by atoms with Crippen LogP contribution < -0.4 is 5.32 Å². The Hall–Kier alpha value is 0.310. The standard InChI is InChI=1S/C12H23NS/c1-10-3-2-4-12(10)13-9-11-5-7-14-8-6-11/h10-13H,2-9H2,1H3. The van der Waals surface area contributed by atoms with Crippen molar-refractivity contribution in [1.29, 1.82) is 0 Å². The Morgan fingerprint density at radius 3 is 2.57 bits per heavy atom. The third-order valence-electron chi connectivity index (χ3n) is 3.87. The topological polar surface area (TPSA) is 12.0 Å². The van der Waals surface area contributed by atoms with Crippen LogP contribution in [-0.2, 0) is 0 Å². The fraction of sp³-hybridized carbons (Fsp3) is 1.00. The lowest BCUT2D eigenvalue weighted by atomic mass is 10.0. The first kappa shape index (κ1) is 10.8. The van der Waals surface area contributed by atoms with Crippen molar-refractivity contribution in [3.8, 4) is 0 Å². The van der Waals surface area contributed by atoms with Crippen molar-refractivity contribution < 1.29 is 0 Å². The molecule has 2 fully saturated rings. The van der Waals surface area contributed by atoms with Crippen LogP contribution in [0.3, 0.4) is 0 Å². The molecule has 2 rings (SSSR count). The van der Waals surface area contributed by atoms with Crippen molar-refractivity contribution in [2.75, 3.05) is 18.1 Å². The molecule has 0 amide bonds. The van der Waals surface area contributed by atoms with Gasteiger partial charge >= 0.3 is 0 Å². The third-order valence-corrected chi connectivity index (χ3v) is 4.92. The van der Waals surface area contributed by atoms with Crippen molar-refractivity contribution in [3.05, 3.63) is 0 Å². The van der Waals surface area contributed by atoms with Gasteiger partial charge in [-0.1, -0.05) is 13.3 Å². The summed E-state index contributed by atoms with van der Waals surface area (Å²) in [5.41, 5.74) is 0. The second-order valence-electron chi connectivity index (χ2n) is 4.98. The Kier molecular flexibility index (Phi) is 4.18. The van der Waals surface area contributed by atoms with Gasteiger partial charge in [-0.15, -0.1) is 0 Å². The molecule has 14 heavy (non-hydrogen) atoms. The minimum atomic E-state index is 0.838. The number of thioether (sulfide) groups is 1. The Morgan fingerprint density at radius 2 is 1.93 bits per heavy atom. The van der Waals surface area contributed by atoms with E-state index in [1.165, 1.54) is 50.2 Å². The minimum Gasteiger partial charge on any atom is -0.313 e. The average Bonchev–Trinajstić information content (AvgIpc) is 2.63. The molecule has 0 aromatic heterocycles. The molecule has 2 atom stereocenters. The maximum atomic E-state index is 3.79. The minimum absolute atomic E-state index is 0.838. The fourth-order valence-electron chi connectivity index (χ4n) is 2.72. The van der Waals surface area contributed by atoms with E-state index in [1.807, 2.05) is 0 Å². The summed E-state index contributed by atoms with van der Waals surface area (Å²) >= 11 is 2.13. The molecule has 0 aromatic carbocycles. The van der Waals surface area contributed by atoms with E-state index < -0.39 is 0 Å². The van der Waals surface area contributed by atoms with Crippen LogP contribution >= 0.6 is 11.8 Å². The first-order valence-corrected chi connectivity index (χ1v) is 7.33. The summed E-state index contributed by atoms with van der Waals surface area (Å²) in [6.07, 6.45) is 7.19. The highest BCUT2D eigenvalue weighted by atomic mass is 32.2. The summed E-state index contributed by atoms with van der Waals surface area (Å²) < 4.78 is 0. The summed E-state index contributed by atoms with van der Waals surface area (Å²) in [5, 5.41) is 3.79. The van der Waals surface area contributed by atoms with E-state index in [1.54, 1.807) is 0 Å². The first-order chi connectivity index (χ1) is 6.86. The molecule has 1 saturated heterocycles. The first-order valence-electron chi connectivity index (χ1n) is 6.17. The Labute approximate surface area is 92.4 Å². The smallest absolute Gasteiger partial charge is 0.00928 e. The molecule has 0 radical (unpaired) electrons. The zero-order valence-electron chi connectivity index (χ0n) is 9.30. The van der Waals surface area contributed by atoms with Crippen LogP contribution in [0.4, 0.5) is 0 Å². The van der Waals surface area contributed by atoms with Gasteiger partial charge in [0.1, 0.15) is 0 Å². The molecule has 1 heterocycles. The van der Waals surface area contributed by atoms with E-state index in [2.05, 4.69) is 24.0 Å². The predicted octanol–water partition coefficient (Wildman–Crippen LogP) is 2.91. The molecule has 2 unspecified atom stereocenters. The molecule has 1 N–H and O–H groups in total. The van der Waals surface area contributed by atoms with Crippen molar-refractivity contribution in [2.24, 2.45) is 11.8 Å². The van der Waals surface area contributed by atoms with Gasteiger partial charge in [0.25, 0.3) is 0 Å². The Morgan fingerprint density at radius 1 is 1.14 bits per heavy atom. The second-order valence-corrected chi connectivity index (χ2v) is 6.20. The lowest BCUT2D eigenvalue weighted by Gasteiger charge is -2.25. The van der Waals surface area contributed by atoms with Crippen LogP contribution in [0.15, 0.2) is 0 Å². The molecule has 1 nitrogen and oxygen atoms in total. The highest BCUT2D eigenvalue weighted by Crippen LogP contribution is 2.26. The van der Waals surface area contributed by atoms with E-state index in [4.69, 9.17) is 0 Å². The molecule has 0 spiro atoms. The maximum Gasteiger partial charge on any atom is 0.00928 e. The van der Waals surface area contributed by atoms with E-state index >= 15 is 0 Å². The number of hydrogen-bond donors (Lipinski definition) is 1. The van der Waals surface area contributed by atoms with Gasteiger partial charge in [-0.25, -0.2) is 0 Å². The van der Waals surface area contributed by atoms with Gasteiger partial charge in [0.2, 0.25) is 0 Å². The van der Waals surface area contributed by atoms with Crippen LogP contribution in [-0.4, -0.2) is 24.1 Å². The van der Waals surface area contributed by atoms with Crippen molar-refractivity contribution in [1.82, 2.24) is 5.32 Å². The molecular formula is C12H23NS. The van der Waals surface area contributed by atoms with Gasteiger partial charge in [0.15, 0.2) is 0 Å². The second kappa shape index (κ2) is 5.41. The summed E-state index contributed by atoms with van der Waals surface area (Å²) in [6.45, 7) is 3.69. The maximum absolute atomic E-state index is 3.79. The van der Waals surface area contributed by atoms with Gasteiger partial charge in [-0.05, 0) is 55.6 Å². The van der Waals surface area contributed by atoms with Crippen LogP contribution in [0.1, 0.15) is 39.0 Å². The van der Waals surface area contributed by atoms with E-state index in [-0.39, 0.29) is 0 Å². The fourth-order valence-corrected chi connectivity index (χ4v) is 3.92. The van der Waals surface area contributed by atoms with Gasteiger partial charge in [-0.3, -0.25) is 0 Å². The van der Waals surface area contributed by atoms with Crippen LogP contribution in [0.2, 0.25) is 0 Å². The molecule has 1 saturated carbocycles. The summed E-state index contributed by atoms with van der Waals surface area (Å²) in [7, 11) is 0. The molecular weight excluding hydrogens is 190 g/mol. The molecule has 2 aliphatic rings. The highest BCUT2D eigenvalue weighted by molar-refractivity contribution is 7.99. The summed E-state index contributed by atoms with van der Waals surface area (Å²) in [4.78, 5) is 0. The lowest BCUT2D eigenvalue weighted by Crippen LogP contribution is -2.36. The Bertz CT molecular complexity index is 166. The van der Waals surface area contributed by atoms with Gasteiger partial charge < -0.3 is 5.32 Å². The average molecular weight is 213 g/mol. The third kappa shape index (κ3) is 2.90. The summed E-state index contributed by atoms with van der Waals surface area (Å²) in [6, 6.07) is 0.838. The molecule has 0 aromatic rings. The zero-order chi connectivity index (χ0) is 9.80. The molecule has 0 bridgehead atoms. The summed E-state index contributed by atoms with van der Waals surface area (Å²) in [5.74, 6) is 4.69. The lowest BCUT2D eigenvalue weighted by molar-refractivity contribution is 0.368. The van der Waals surface area contributed by atoms with Crippen LogP contribution in [0, 0.1) is 11.8 Å². The Balaban J connectivity index is 1.65. The monoisotopic (exact) mass is 213 g/mol. The van der Waals surface area contributed by atoms with Crippen LogP contribution in [0.25, 0.3) is 0 Å². The SMILES string of the molecule is CC1CCCC1NCC1CCSCC1. The number of rotatable bonds is 3. The van der Waals surface area contributed by atoms with Gasteiger partial charge in [0.05, 0.1) is 0 Å². The van der Waals surface area contributed by atoms with Gasteiger partial charge in [0, 0.05) is 6.04 Å². The van der Waals surface area contributed by atoms with Crippen molar-refractivity contribution in [3.63, 3.8) is 0 Å². The quantitative estimate of drug-likeness (QED) is 0.773. The molecule has 1 aliphatic heterocycles. The largest absolute Gasteiger partial charge is 0.313 e. The van der Waals surface area contributed by atoms with E-state index in [0.717, 1.165) is 17.9 Å². The van der Waals surface area contributed by atoms with Crippen molar-refractivity contribution >= 4 is 11.8 Å².